The summed E-state index contributed by atoms with van der Waals surface area (Å²) in [6.45, 7) is 1.49. The number of carbonyl (C=O) groups is 2. The first-order valence-electron chi connectivity index (χ1n) is 9.05. The summed E-state index contributed by atoms with van der Waals surface area (Å²) in [4.78, 5) is 29.9. The predicted molar refractivity (Wildman–Crippen MR) is 105 cm³/mol. The molecule has 0 spiro atoms. The van der Waals surface area contributed by atoms with E-state index in [-0.39, 0.29) is 17.1 Å². The molecule has 3 aromatic rings. The number of hydrogen-bond donors (Lipinski definition) is 3. The third-order valence-corrected chi connectivity index (χ3v) is 4.97. The Bertz CT molecular complexity index is 1160. The largest absolute Gasteiger partial charge is 0.458 e. The van der Waals surface area contributed by atoms with Gasteiger partial charge in [0.25, 0.3) is 0 Å². The number of anilines is 2. The highest BCUT2D eigenvalue weighted by Crippen LogP contribution is 2.44. The molecule has 0 saturated heterocycles. The molecule has 0 fully saturated rings. The van der Waals surface area contributed by atoms with Gasteiger partial charge in [-0.05, 0) is 12.5 Å². The Morgan fingerprint density at radius 1 is 1.12 bits per heavy atom. The number of alkyl halides is 5. The van der Waals surface area contributed by atoms with E-state index in [1.807, 2.05) is 0 Å². The van der Waals surface area contributed by atoms with E-state index in [9.17, 15) is 31.5 Å². The first-order valence-corrected chi connectivity index (χ1v) is 9.05. The molecule has 0 aliphatic heterocycles. The number of amides is 2. The minimum absolute atomic E-state index is 0.157. The van der Waals surface area contributed by atoms with Crippen molar-refractivity contribution in [3.8, 4) is 0 Å². The van der Waals surface area contributed by atoms with E-state index in [1.54, 1.807) is 0 Å². The summed E-state index contributed by atoms with van der Waals surface area (Å²) in [7, 11) is 1.29. The fraction of sp³-hybridized carbons (Fsp3) is 0.263. The summed E-state index contributed by atoms with van der Waals surface area (Å²) in [5, 5.41) is 9.26. The van der Waals surface area contributed by atoms with Gasteiger partial charge in [0.05, 0.1) is 35.0 Å². The number of pyridine rings is 1. The Balaban J connectivity index is 1.74. The summed E-state index contributed by atoms with van der Waals surface area (Å²) in [5.74, 6) is -6.85. The molecule has 0 aliphatic rings. The summed E-state index contributed by atoms with van der Waals surface area (Å²) in [5.41, 5.74) is 5.24. The molecule has 0 bridgehead atoms. The topological polar surface area (TPSA) is 117 Å². The van der Waals surface area contributed by atoms with Crippen LogP contribution in [0.3, 0.4) is 0 Å². The van der Waals surface area contributed by atoms with E-state index >= 15 is 0 Å². The number of H-pyrrole nitrogens is 1. The highest BCUT2D eigenvalue weighted by atomic mass is 19.4. The van der Waals surface area contributed by atoms with E-state index in [0.717, 1.165) is 17.0 Å². The van der Waals surface area contributed by atoms with Gasteiger partial charge in [0.2, 0.25) is 0 Å². The van der Waals surface area contributed by atoms with Gasteiger partial charge in [0, 0.05) is 12.6 Å². The van der Waals surface area contributed by atoms with Gasteiger partial charge in [-0.1, -0.05) is 24.3 Å². The molecular weight excluding hydrogens is 439 g/mol. The van der Waals surface area contributed by atoms with Gasteiger partial charge in [0.1, 0.15) is 5.82 Å². The first kappa shape index (κ1) is 22.9. The standard InChI is InChI=1S/C19H17F5N6O2/c1-9(10-3-5-11(6-4-10)18(20,21)19(22,23)24)30(2)17(32)16(31)28-13-8-26-15(25)12-7-27-29-14(12)13/h3-9H,1-2H3,(H2,25,26)(H,27,29)(H,28,31)/t9-/m1/s1. The van der Waals surface area contributed by atoms with Crippen molar-refractivity contribution in [3.63, 3.8) is 0 Å². The predicted octanol–water partition coefficient (Wildman–Crippen LogP) is 3.35. The van der Waals surface area contributed by atoms with Crippen molar-refractivity contribution in [1.29, 1.82) is 0 Å². The highest BCUT2D eigenvalue weighted by molar-refractivity contribution is 6.40. The molecule has 2 aromatic heterocycles. The molecule has 2 heterocycles. The van der Waals surface area contributed by atoms with Crippen LogP contribution < -0.4 is 11.1 Å². The van der Waals surface area contributed by atoms with Gasteiger partial charge >= 0.3 is 23.9 Å². The molecule has 1 aromatic carbocycles. The Morgan fingerprint density at radius 2 is 1.75 bits per heavy atom. The number of aromatic nitrogens is 3. The van der Waals surface area contributed by atoms with Crippen molar-refractivity contribution < 1.29 is 31.5 Å². The molecule has 0 saturated carbocycles. The number of hydrogen-bond acceptors (Lipinski definition) is 5. The molecule has 13 heteroatoms. The number of fused-ring (bicyclic) bond motifs is 1. The maximum Gasteiger partial charge on any atom is 0.458 e. The molecule has 0 aliphatic carbocycles. The average Bonchev–Trinajstić information content (AvgIpc) is 3.24. The van der Waals surface area contributed by atoms with Crippen LogP contribution in [0, 0.1) is 0 Å². The number of aromatic amines is 1. The van der Waals surface area contributed by atoms with Crippen molar-refractivity contribution in [2.24, 2.45) is 0 Å². The van der Waals surface area contributed by atoms with E-state index < -0.39 is 35.5 Å². The molecule has 32 heavy (non-hydrogen) atoms. The Morgan fingerprint density at radius 3 is 2.34 bits per heavy atom. The molecule has 4 N–H and O–H groups in total. The minimum atomic E-state index is -5.73. The van der Waals surface area contributed by atoms with E-state index in [4.69, 9.17) is 5.73 Å². The zero-order valence-electron chi connectivity index (χ0n) is 16.7. The van der Waals surface area contributed by atoms with Gasteiger partial charge in [-0.3, -0.25) is 14.7 Å². The van der Waals surface area contributed by atoms with E-state index in [1.165, 1.54) is 26.4 Å². The smallest absolute Gasteiger partial charge is 0.383 e. The molecular formula is C19H17F5N6O2. The molecule has 170 valence electrons. The van der Waals surface area contributed by atoms with Gasteiger partial charge in [-0.15, -0.1) is 0 Å². The zero-order chi connectivity index (χ0) is 23.8. The van der Waals surface area contributed by atoms with Crippen molar-refractivity contribution in [3.05, 3.63) is 47.8 Å². The Hall–Kier alpha value is -3.77. The number of likely N-dealkylation sites (N-methyl/N-ethyl adjacent to an activating group) is 1. The van der Waals surface area contributed by atoms with Crippen LogP contribution in [0.1, 0.15) is 24.1 Å². The van der Waals surface area contributed by atoms with Crippen LogP contribution in [0.5, 0.6) is 0 Å². The lowest BCUT2D eigenvalue weighted by Crippen LogP contribution is -2.38. The average molecular weight is 456 g/mol. The second kappa shape index (κ2) is 8.05. The zero-order valence-corrected chi connectivity index (χ0v) is 16.7. The fourth-order valence-electron chi connectivity index (χ4n) is 2.92. The van der Waals surface area contributed by atoms with E-state index in [2.05, 4.69) is 20.5 Å². The number of nitrogen functional groups attached to an aromatic ring is 1. The molecule has 3 rings (SSSR count). The lowest BCUT2D eigenvalue weighted by molar-refractivity contribution is -0.289. The van der Waals surface area contributed by atoms with Gasteiger partial charge in [0.15, 0.2) is 0 Å². The van der Waals surface area contributed by atoms with Crippen LogP contribution in [-0.2, 0) is 15.5 Å². The number of rotatable bonds is 4. The summed E-state index contributed by atoms with van der Waals surface area (Å²) in [6, 6.07) is 2.54. The number of halogens is 5. The second-order valence-electron chi connectivity index (χ2n) is 6.96. The normalized spacial score (nSPS) is 13.1. The molecule has 2 amide bonds. The number of nitrogens with two attached hydrogens (primary N) is 1. The summed E-state index contributed by atoms with van der Waals surface area (Å²) < 4.78 is 64.4. The van der Waals surface area contributed by atoms with Crippen molar-refractivity contribution >= 4 is 34.2 Å². The third-order valence-electron chi connectivity index (χ3n) is 4.97. The SMILES string of the molecule is C[C@H](c1ccc(C(F)(F)C(F)(F)F)cc1)N(C)C(=O)C(=O)Nc1cnc(N)c2cn[nH]c12. The maximum absolute atomic E-state index is 13.4. The van der Waals surface area contributed by atoms with Gasteiger partial charge in [-0.25, -0.2) is 4.98 Å². The van der Waals surface area contributed by atoms with Crippen LogP contribution in [0.2, 0.25) is 0 Å². The number of carbonyl (C=O) groups excluding carboxylic acids is 2. The fourth-order valence-corrected chi connectivity index (χ4v) is 2.92. The summed E-state index contributed by atoms with van der Waals surface area (Å²) >= 11 is 0. The number of nitrogens with one attached hydrogen (secondary N) is 2. The van der Waals surface area contributed by atoms with Gasteiger partial charge in [-0.2, -0.15) is 27.1 Å². The Labute approximate surface area is 177 Å². The second-order valence-corrected chi connectivity index (χ2v) is 6.96. The number of benzene rings is 1. The third kappa shape index (κ3) is 4.05. The quantitative estimate of drug-likeness (QED) is 0.411. The van der Waals surface area contributed by atoms with Crippen LogP contribution in [-0.4, -0.2) is 45.1 Å². The molecule has 0 unspecified atom stereocenters. The lowest BCUT2D eigenvalue weighted by Gasteiger charge is -2.25. The molecule has 1 atom stereocenters. The van der Waals surface area contributed by atoms with Crippen LogP contribution >= 0.6 is 0 Å². The molecule has 0 radical (unpaired) electrons. The van der Waals surface area contributed by atoms with Crippen LogP contribution in [0.15, 0.2) is 36.7 Å². The first-order chi connectivity index (χ1) is 14.8. The highest BCUT2D eigenvalue weighted by Gasteiger charge is 2.58. The number of nitrogens with zero attached hydrogens (tertiary/aromatic N) is 3. The van der Waals surface area contributed by atoms with Crippen molar-refractivity contribution in [2.75, 3.05) is 18.1 Å². The monoisotopic (exact) mass is 456 g/mol. The Kier molecular flexibility index (Phi) is 5.76. The molecule has 8 nitrogen and oxygen atoms in total. The van der Waals surface area contributed by atoms with Crippen molar-refractivity contribution in [1.82, 2.24) is 20.1 Å². The van der Waals surface area contributed by atoms with Crippen molar-refractivity contribution in [2.45, 2.75) is 25.1 Å². The van der Waals surface area contributed by atoms with Gasteiger partial charge < -0.3 is 16.0 Å². The van der Waals surface area contributed by atoms with Crippen LogP contribution in [0.25, 0.3) is 10.9 Å². The van der Waals surface area contributed by atoms with E-state index in [0.29, 0.717) is 23.0 Å². The summed E-state index contributed by atoms with van der Waals surface area (Å²) in [6.07, 6.45) is -3.10. The van der Waals surface area contributed by atoms with Crippen LogP contribution in [0.4, 0.5) is 33.5 Å². The minimum Gasteiger partial charge on any atom is -0.383 e. The maximum atomic E-state index is 13.4. The lowest BCUT2D eigenvalue weighted by atomic mass is 10.0.